The molecule has 0 aliphatic carbocycles. The highest BCUT2D eigenvalue weighted by Gasteiger charge is 2.16. The molecule has 0 unspecified atom stereocenters. The zero-order valence-electron chi connectivity index (χ0n) is 11.4. The minimum atomic E-state index is -1.14. The zero-order valence-corrected chi connectivity index (χ0v) is 13.0. The fourth-order valence-corrected chi connectivity index (χ4v) is 2.80. The molecule has 8 heteroatoms. The molecule has 0 aliphatic rings. The van der Waals surface area contributed by atoms with E-state index in [1.165, 1.54) is 11.3 Å². The predicted molar refractivity (Wildman–Crippen MR) is 84.7 cm³/mol. The summed E-state index contributed by atoms with van der Waals surface area (Å²) in [5.74, 6) is -2.92. The van der Waals surface area contributed by atoms with E-state index in [-0.39, 0.29) is 10.6 Å². The maximum absolute atomic E-state index is 13.3. The molecule has 0 bridgehead atoms. The number of pyridine rings is 1. The fourth-order valence-electron chi connectivity index (χ4n) is 1.85. The lowest BCUT2D eigenvalue weighted by molar-refractivity contribution is 0.102. The van der Waals surface area contributed by atoms with Crippen molar-refractivity contribution in [3.63, 3.8) is 0 Å². The lowest BCUT2D eigenvalue weighted by Crippen LogP contribution is -2.13. The molecule has 0 atom stereocenters. The van der Waals surface area contributed by atoms with Gasteiger partial charge in [0.15, 0.2) is 16.8 Å². The number of halogens is 3. The van der Waals surface area contributed by atoms with E-state index in [0.29, 0.717) is 10.8 Å². The summed E-state index contributed by atoms with van der Waals surface area (Å²) in [6, 6.07) is 5.08. The van der Waals surface area contributed by atoms with Crippen molar-refractivity contribution in [1.29, 1.82) is 0 Å². The average Bonchev–Trinajstić information content (AvgIpc) is 3.00. The van der Waals surface area contributed by atoms with Crippen LogP contribution in [0.1, 0.15) is 10.4 Å². The number of amides is 1. The van der Waals surface area contributed by atoms with E-state index < -0.39 is 17.5 Å². The van der Waals surface area contributed by atoms with Crippen LogP contribution in [0.25, 0.3) is 11.3 Å². The Hall–Kier alpha value is -2.38. The van der Waals surface area contributed by atoms with E-state index >= 15 is 0 Å². The lowest BCUT2D eigenvalue weighted by atomic mass is 10.2. The molecule has 4 nitrogen and oxygen atoms in total. The van der Waals surface area contributed by atoms with Crippen LogP contribution in [0.15, 0.2) is 42.0 Å². The van der Waals surface area contributed by atoms with Gasteiger partial charge in [-0.2, -0.15) is 0 Å². The monoisotopic (exact) mass is 351 g/mol. The van der Waals surface area contributed by atoms with Gasteiger partial charge in [0.05, 0.1) is 16.3 Å². The fraction of sp³-hybridized carbons (Fsp3) is 0. The molecule has 0 aliphatic heterocycles. The summed E-state index contributed by atoms with van der Waals surface area (Å²) in [6.45, 7) is 0. The van der Waals surface area contributed by atoms with Gasteiger partial charge in [-0.25, -0.2) is 13.8 Å². The van der Waals surface area contributed by atoms with Crippen LogP contribution in [0.5, 0.6) is 0 Å². The third-order valence-corrected chi connectivity index (χ3v) is 4.03. The molecule has 2 heterocycles. The largest absolute Gasteiger partial charge is 0.298 e. The number of carbonyl (C=O) groups is 1. The van der Waals surface area contributed by atoms with Crippen molar-refractivity contribution in [2.75, 3.05) is 5.32 Å². The summed E-state index contributed by atoms with van der Waals surface area (Å²) < 4.78 is 26.3. The van der Waals surface area contributed by atoms with Crippen molar-refractivity contribution in [3.05, 3.63) is 64.3 Å². The van der Waals surface area contributed by atoms with E-state index in [4.69, 9.17) is 11.6 Å². The minimum Gasteiger partial charge on any atom is -0.298 e. The van der Waals surface area contributed by atoms with Crippen molar-refractivity contribution in [3.8, 4) is 11.3 Å². The van der Waals surface area contributed by atoms with Gasteiger partial charge in [-0.1, -0.05) is 11.6 Å². The van der Waals surface area contributed by atoms with Gasteiger partial charge in [0, 0.05) is 23.3 Å². The summed E-state index contributed by atoms with van der Waals surface area (Å²) in [4.78, 5) is 20.3. The lowest BCUT2D eigenvalue weighted by Gasteiger charge is -2.05. The number of thiazole rings is 1. The van der Waals surface area contributed by atoms with E-state index in [0.717, 1.165) is 17.7 Å². The van der Waals surface area contributed by atoms with Gasteiger partial charge in [0.1, 0.15) is 0 Å². The van der Waals surface area contributed by atoms with Crippen LogP contribution < -0.4 is 5.32 Å². The van der Waals surface area contributed by atoms with E-state index in [1.54, 1.807) is 29.9 Å². The normalized spacial score (nSPS) is 10.6. The first-order chi connectivity index (χ1) is 11.0. The zero-order chi connectivity index (χ0) is 16.4. The van der Waals surface area contributed by atoms with Gasteiger partial charge in [-0.3, -0.25) is 15.1 Å². The molecule has 23 heavy (non-hydrogen) atoms. The first kappa shape index (κ1) is 15.5. The number of aromatic nitrogens is 2. The Balaban J connectivity index is 1.82. The van der Waals surface area contributed by atoms with Crippen LogP contribution in [0, 0.1) is 11.6 Å². The first-order valence-corrected chi connectivity index (χ1v) is 7.62. The van der Waals surface area contributed by atoms with Crippen LogP contribution in [0.4, 0.5) is 13.9 Å². The molecule has 3 rings (SSSR count). The number of nitrogens with zero attached hydrogens (tertiary/aromatic N) is 2. The second-order valence-electron chi connectivity index (χ2n) is 4.47. The summed E-state index contributed by atoms with van der Waals surface area (Å²) in [5, 5.41) is 4.42. The van der Waals surface area contributed by atoms with Crippen LogP contribution in [0.3, 0.4) is 0 Å². The highest BCUT2D eigenvalue weighted by atomic mass is 35.5. The molecule has 2 aromatic heterocycles. The molecule has 0 radical (unpaired) electrons. The van der Waals surface area contributed by atoms with Gasteiger partial charge in [-0.05, 0) is 24.3 Å². The molecule has 3 aromatic rings. The molecular formula is C15H8ClF2N3OS. The molecule has 0 saturated heterocycles. The van der Waals surface area contributed by atoms with Crippen LogP contribution in [-0.2, 0) is 0 Å². The Morgan fingerprint density at radius 3 is 2.61 bits per heavy atom. The van der Waals surface area contributed by atoms with Crippen molar-refractivity contribution in [1.82, 2.24) is 9.97 Å². The van der Waals surface area contributed by atoms with Gasteiger partial charge in [0.25, 0.3) is 5.91 Å². The van der Waals surface area contributed by atoms with Gasteiger partial charge in [-0.15, -0.1) is 11.3 Å². The standard InChI is InChI=1S/C15H8ClF2N3OS/c16-10-6-12(18)11(17)5-9(10)14(22)21-15-20-13(7-23-15)8-1-3-19-4-2-8/h1-7H,(H,20,21,22). The number of rotatable bonds is 3. The maximum Gasteiger partial charge on any atom is 0.259 e. The molecule has 0 spiro atoms. The SMILES string of the molecule is O=C(Nc1nc(-c2ccncc2)cs1)c1cc(F)c(F)cc1Cl. The van der Waals surface area contributed by atoms with Crippen molar-refractivity contribution in [2.45, 2.75) is 0 Å². The van der Waals surface area contributed by atoms with Crippen molar-refractivity contribution in [2.24, 2.45) is 0 Å². The summed E-state index contributed by atoms with van der Waals surface area (Å²) >= 11 is 6.98. The van der Waals surface area contributed by atoms with E-state index in [2.05, 4.69) is 15.3 Å². The smallest absolute Gasteiger partial charge is 0.259 e. The van der Waals surface area contributed by atoms with Crippen molar-refractivity contribution < 1.29 is 13.6 Å². The predicted octanol–water partition coefficient (Wildman–Crippen LogP) is 4.39. The Labute approximate surface area is 138 Å². The third-order valence-electron chi connectivity index (χ3n) is 2.96. The van der Waals surface area contributed by atoms with Gasteiger partial charge in [0.2, 0.25) is 0 Å². The van der Waals surface area contributed by atoms with Crippen LogP contribution >= 0.6 is 22.9 Å². The summed E-state index contributed by atoms with van der Waals surface area (Å²) in [5.41, 5.74) is 1.36. The highest BCUT2D eigenvalue weighted by Crippen LogP contribution is 2.26. The topological polar surface area (TPSA) is 54.9 Å². The number of hydrogen-bond donors (Lipinski definition) is 1. The number of benzene rings is 1. The quantitative estimate of drug-likeness (QED) is 0.712. The second-order valence-corrected chi connectivity index (χ2v) is 5.74. The number of carbonyl (C=O) groups excluding carboxylic acids is 1. The maximum atomic E-state index is 13.3. The molecule has 116 valence electrons. The average molecular weight is 352 g/mol. The Kier molecular flexibility index (Phi) is 4.31. The van der Waals surface area contributed by atoms with Crippen LogP contribution in [-0.4, -0.2) is 15.9 Å². The Bertz CT molecular complexity index is 870. The van der Waals surface area contributed by atoms with E-state index in [1.807, 2.05) is 0 Å². The van der Waals surface area contributed by atoms with Gasteiger partial charge < -0.3 is 0 Å². The second kappa shape index (κ2) is 6.39. The summed E-state index contributed by atoms with van der Waals surface area (Å²) in [6.07, 6.45) is 3.27. The minimum absolute atomic E-state index is 0.161. The van der Waals surface area contributed by atoms with E-state index in [9.17, 15) is 13.6 Å². The highest BCUT2D eigenvalue weighted by molar-refractivity contribution is 7.14. The van der Waals surface area contributed by atoms with Crippen molar-refractivity contribution >= 4 is 34.0 Å². The molecule has 1 aromatic carbocycles. The van der Waals surface area contributed by atoms with Gasteiger partial charge >= 0.3 is 0 Å². The summed E-state index contributed by atoms with van der Waals surface area (Å²) in [7, 11) is 0. The molecular weight excluding hydrogens is 344 g/mol. The Morgan fingerprint density at radius 2 is 1.87 bits per heavy atom. The van der Waals surface area contributed by atoms with Crippen LogP contribution in [0.2, 0.25) is 5.02 Å². The molecule has 1 amide bonds. The third kappa shape index (κ3) is 3.35. The first-order valence-electron chi connectivity index (χ1n) is 6.36. The molecule has 0 saturated carbocycles. The number of nitrogens with one attached hydrogen (secondary N) is 1. The number of hydrogen-bond acceptors (Lipinski definition) is 4. The Morgan fingerprint density at radius 1 is 1.17 bits per heavy atom. The molecule has 0 fully saturated rings. The molecule has 1 N–H and O–H groups in total. The number of anilines is 1.